The first-order valence-electron chi connectivity index (χ1n) is 6.18. The number of rotatable bonds is 4. The Hall–Kier alpha value is -1.76. The highest BCUT2D eigenvalue weighted by Crippen LogP contribution is 2.32. The van der Waals surface area contributed by atoms with E-state index in [9.17, 15) is 8.42 Å². The van der Waals surface area contributed by atoms with E-state index in [-0.39, 0.29) is 18.2 Å². The van der Waals surface area contributed by atoms with Gasteiger partial charge in [-0.2, -0.15) is 0 Å². The molecule has 0 spiro atoms. The van der Waals surface area contributed by atoms with Crippen molar-refractivity contribution in [2.45, 2.75) is 11.4 Å². The lowest BCUT2D eigenvalue weighted by Gasteiger charge is -2.07. The molecule has 0 aliphatic carbocycles. The van der Waals surface area contributed by atoms with E-state index in [1.165, 1.54) is 24.3 Å². The normalized spacial score (nSPS) is 13.4. The largest absolute Gasteiger partial charge is 0.454 e. The van der Waals surface area contributed by atoms with Crippen LogP contribution in [0.1, 0.15) is 5.56 Å². The highest BCUT2D eigenvalue weighted by atomic mass is 35.5. The predicted octanol–water partition coefficient (Wildman–Crippen LogP) is 2.55. The van der Waals surface area contributed by atoms with Crippen LogP contribution in [0, 0.1) is 0 Å². The maximum atomic E-state index is 12.1. The Morgan fingerprint density at radius 3 is 2.52 bits per heavy atom. The highest BCUT2D eigenvalue weighted by Gasteiger charge is 2.16. The maximum Gasteiger partial charge on any atom is 0.240 e. The summed E-state index contributed by atoms with van der Waals surface area (Å²) in [6.07, 6.45) is 0. The van der Waals surface area contributed by atoms with E-state index in [1.807, 2.05) is 0 Å². The van der Waals surface area contributed by atoms with E-state index < -0.39 is 10.0 Å². The molecule has 1 N–H and O–H groups in total. The van der Waals surface area contributed by atoms with E-state index in [0.717, 1.165) is 5.56 Å². The molecule has 3 rings (SSSR count). The number of hydrogen-bond donors (Lipinski definition) is 1. The van der Waals surface area contributed by atoms with Crippen molar-refractivity contribution in [3.8, 4) is 11.5 Å². The molecule has 0 aromatic heterocycles. The van der Waals surface area contributed by atoms with Gasteiger partial charge in [-0.05, 0) is 42.0 Å². The molecule has 1 aliphatic heterocycles. The smallest absolute Gasteiger partial charge is 0.240 e. The number of sulfonamides is 1. The molecule has 110 valence electrons. The number of hydrogen-bond acceptors (Lipinski definition) is 4. The number of fused-ring (bicyclic) bond motifs is 1. The van der Waals surface area contributed by atoms with Crippen molar-refractivity contribution < 1.29 is 17.9 Å². The average molecular weight is 326 g/mol. The van der Waals surface area contributed by atoms with Crippen molar-refractivity contribution in [2.75, 3.05) is 6.79 Å². The molecule has 1 aliphatic rings. The van der Waals surface area contributed by atoms with Crippen LogP contribution in [-0.2, 0) is 16.6 Å². The molecule has 0 atom stereocenters. The van der Waals surface area contributed by atoms with E-state index >= 15 is 0 Å². The third kappa shape index (κ3) is 3.12. The molecular formula is C14H12ClNO4S. The van der Waals surface area contributed by atoms with Gasteiger partial charge in [0.25, 0.3) is 0 Å². The molecular weight excluding hydrogens is 314 g/mol. The van der Waals surface area contributed by atoms with Crippen LogP contribution in [0.3, 0.4) is 0 Å². The van der Waals surface area contributed by atoms with Crippen molar-refractivity contribution >= 4 is 21.6 Å². The molecule has 2 aromatic carbocycles. The molecule has 0 saturated carbocycles. The monoisotopic (exact) mass is 325 g/mol. The Labute approximate surface area is 127 Å². The van der Waals surface area contributed by atoms with Gasteiger partial charge in [0.2, 0.25) is 16.8 Å². The minimum Gasteiger partial charge on any atom is -0.454 e. The lowest BCUT2D eigenvalue weighted by Crippen LogP contribution is -2.23. The van der Waals surface area contributed by atoms with Gasteiger partial charge in [0.15, 0.2) is 11.5 Å². The molecule has 21 heavy (non-hydrogen) atoms. The van der Waals surface area contributed by atoms with Gasteiger partial charge in [0.05, 0.1) is 4.90 Å². The van der Waals surface area contributed by atoms with Crippen molar-refractivity contribution in [3.63, 3.8) is 0 Å². The van der Waals surface area contributed by atoms with Gasteiger partial charge in [-0.1, -0.05) is 17.7 Å². The Kier molecular flexibility index (Phi) is 3.75. The number of nitrogens with one attached hydrogen (secondary N) is 1. The summed E-state index contributed by atoms with van der Waals surface area (Å²) in [6.45, 7) is 0.358. The minimum absolute atomic E-state index is 0.168. The van der Waals surface area contributed by atoms with E-state index in [2.05, 4.69) is 4.72 Å². The molecule has 0 radical (unpaired) electrons. The first-order chi connectivity index (χ1) is 10.0. The molecule has 0 saturated heterocycles. The molecule has 0 unspecified atom stereocenters. The summed E-state index contributed by atoms with van der Waals surface area (Å²) in [6, 6.07) is 11.3. The van der Waals surface area contributed by atoms with Crippen LogP contribution in [0.4, 0.5) is 0 Å². The fourth-order valence-corrected chi connectivity index (χ4v) is 3.07. The first kappa shape index (κ1) is 14.2. The average Bonchev–Trinajstić information content (AvgIpc) is 2.93. The van der Waals surface area contributed by atoms with Crippen LogP contribution < -0.4 is 14.2 Å². The van der Waals surface area contributed by atoms with E-state index in [1.54, 1.807) is 18.2 Å². The molecule has 7 heteroatoms. The topological polar surface area (TPSA) is 64.6 Å². The molecule has 5 nitrogen and oxygen atoms in total. The standard InChI is InChI=1S/C14H12ClNO4S/c15-11-2-4-12(5-3-11)21(17,18)16-8-10-1-6-13-14(7-10)20-9-19-13/h1-7,16H,8-9H2. The van der Waals surface area contributed by atoms with Crippen LogP contribution in [0.2, 0.25) is 5.02 Å². The van der Waals surface area contributed by atoms with Crippen molar-refractivity contribution in [1.29, 1.82) is 0 Å². The maximum absolute atomic E-state index is 12.1. The number of ether oxygens (including phenoxy) is 2. The third-order valence-corrected chi connectivity index (χ3v) is 4.70. The Morgan fingerprint density at radius 2 is 1.76 bits per heavy atom. The summed E-state index contributed by atoms with van der Waals surface area (Å²) in [4.78, 5) is 0.174. The fourth-order valence-electron chi connectivity index (χ4n) is 1.93. The lowest BCUT2D eigenvalue weighted by molar-refractivity contribution is 0.174. The number of halogens is 1. The van der Waals surface area contributed by atoms with Gasteiger partial charge in [-0.15, -0.1) is 0 Å². The van der Waals surface area contributed by atoms with Crippen LogP contribution in [0.15, 0.2) is 47.4 Å². The van der Waals surface area contributed by atoms with Gasteiger partial charge >= 0.3 is 0 Å². The highest BCUT2D eigenvalue weighted by molar-refractivity contribution is 7.89. The van der Waals surface area contributed by atoms with Gasteiger partial charge in [0, 0.05) is 11.6 Å². The molecule has 1 heterocycles. The number of benzene rings is 2. The summed E-state index contributed by atoms with van der Waals surface area (Å²) in [5.74, 6) is 1.29. The summed E-state index contributed by atoms with van der Waals surface area (Å²) in [5.41, 5.74) is 0.789. The van der Waals surface area contributed by atoms with Gasteiger partial charge in [0.1, 0.15) is 0 Å². The second-order valence-corrected chi connectivity index (χ2v) is 6.67. The van der Waals surface area contributed by atoms with E-state index in [0.29, 0.717) is 16.5 Å². The van der Waals surface area contributed by atoms with Crippen LogP contribution in [-0.4, -0.2) is 15.2 Å². The molecule has 0 amide bonds. The van der Waals surface area contributed by atoms with Crippen molar-refractivity contribution in [2.24, 2.45) is 0 Å². The molecule has 2 aromatic rings. The molecule has 0 bridgehead atoms. The van der Waals surface area contributed by atoms with Gasteiger partial charge < -0.3 is 9.47 Å². The van der Waals surface area contributed by atoms with Gasteiger partial charge in [-0.3, -0.25) is 0 Å². The van der Waals surface area contributed by atoms with Gasteiger partial charge in [-0.25, -0.2) is 13.1 Å². The third-order valence-electron chi connectivity index (χ3n) is 3.03. The van der Waals surface area contributed by atoms with E-state index in [4.69, 9.17) is 21.1 Å². The van der Waals surface area contributed by atoms with Crippen molar-refractivity contribution in [1.82, 2.24) is 4.72 Å². The predicted molar refractivity (Wildman–Crippen MR) is 78.0 cm³/mol. The summed E-state index contributed by atoms with van der Waals surface area (Å²) < 4.78 is 37.3. The second-order valence-electron chi connectivity index (χ2n) is 4.47. The quantitative estimate of drug-likeness (QED) is 0.938. The molecule has 0 fully saturated rings. The SMILES string of the molecule is O=S(=O)(NCc1ccc2c(c1)OCO2)c1ccc(Cl)cc1. The zero-order valence-electron chi connectivity index (χ0n) is 10.9. The van der Waals surface area contributed by atoms with Crippen LogP contribution in [0.5, 0.6) is 11.5 Å². The van der Waals surface area contributed by atoms with Crippen molar-refractivity contribution in [3.05, 3.63) is 53.1 Å². The summed E-state index contributed by atoms with van der Waals surface area (Å²) in [5, 5.41) is 0.490. The zero-order valence-corrected chi connectivity index (χ0v) is 12.4. The fraction of sp³-hybridized carbons (Fsp3) is 0.143. The van der Waals surface area contributed by atoms with Crippen LogP contribution >= 0.6 is 11.6 Å². The Bertz CT molecular complexity index is 759. The second kappa shape index (κ2) is 5.55. The summed E-state index contributed by atoms with van der Waals surface area (Å²) in [7, 11) is -3.57. The first-order valence-corrected chi connectivity index (χ1v) is 8.04. The summed E-state index contributed by atoms with van der Waals surface area (Å²) >= 11 is 5.75. The van der Waals surface area contributed by atoms with Crippen LogP contribution in [0.25, 0.3) is 0 Å². The Balaban J connectivity index is 1.73. The lowest BCUT2D eigenvalue weighted by atomic mass is 10.2. The Morgan fingerprint density at radius 1 is 1.05 bits per heavy atom. The zero-order chi connectivity index (χ0) is 14.9. The minimum atomic E-state index is -3.57.